The molecule has 0 heterocycles. The van der Waals surface area contributed by atoms with E-state index in [0.29, 0.717) is 0 Å². The second-order valence-electron chi connectivity index (χ2n) is 3.83. The maximum atomic E-state index is 3.84. The average molecular weight is 227 g/mol. The lowest BCUT2D eigenvalue weighted by atomic mass is 10.0. The topological polar surface area (TPSA) is 3.24 Å². The summed E-state index contributed by atoms with van der Waals surface area (Å²) in [5.41, 5.74) is 3.47. The standard InChI is InChI=1S/C16H21N/c1-5-14-9-10-15(6-2)16(13-14)11-12-17(7-3)8-4/h5-6,9-13H,1-2,7-8H2,3-4H3. The van der Waals surface area contributed by atoms with E-state index in [9.17, 15) is 0 Å². The summed E-state index contributed by atoms with van der Waals surface area (Å²) in [5.74, 6) is 0. The maximum absolute atomic E-state index is 3.84. The van der Waals surface area contributed by atoms with E-state index in [2.05, 4.69) is 62.4 Å². The van der Waals surface area contributed by atoms with Crippen molar-refractivity contribution in [3.05, 3.63) is 54.2 Å². The fourth-order valence-electron chi connectivity index (χ4n) is 1.67. The Hall–Kier alpha value is -1.76. The lowest BCUT2D eigenvalue weighted by Gasteiger charge is -2.15. The largest absolute Gasteiger partial charge is 0.378 e. The first-order valence-corrected chi connectivity index (χ1v) is 6.06. The Morgan fingerprint density at radius 1 is 1.06 bits per heavy atom. The first-order valence-electron chi connectivity index (χ1n) is 6.06. The van der Waals surface area contributed by atoms with Crippen molar-refractivity contribution < 1.29 is 0 Å². The molecule has 0 saturated carbocycles. The Labute approximate surface area is 105 Å². The van der Waals surface area contributed by atoms with Gasteiger partial charge in [-0.25, -0.2) is 0 Å². The van der Waals surface area contributed by atoms with Gasteiger partial charge in [-0.05, 0) is 48.9 Å². The summed E-state index contributed by atoms with van der Waals surface area (Å²) in [6, 6.07) is 6.26. The van der Waals surface area contributed by atoms with Crippen LogP contribution in [0.1, 0.15) is 30.5 Å². The number of nitrogens with zero attached hydrogens (tertiary/aromatic N) is 1. The molecular formula is C16H21N. The van der Waals surface area contributed by atoms with Crippen LogP contribution in [-0.4, -0.2) is 18.0 Å². The van der Waals surface area contributed by atoms with Gasteiger partial charge in [-0.1, -0.05) is 37.4 Å². The van der Waals surface area contributed by atoms with E-state index in [1.165, 1.54) is 5.56 Å². The van der Waals surface area contributed by atoms with Crippen molar-refractivity contribution in [2.45, 2.75) is 13.8 Å². The molecule has 0 aliphatic carbocycles. The molecule has 1 nitrogen and oxygen atoms in total. The van der Waals surface area contributed by atoms with Gasteiger partial charge in [-0.15, -0.1) is 0 Å². The molecule has 0 amide bonds. The first kappa shape index (κ1) is 13.3. The van der Waals surface area contributed by atoms with Crippen LogP contribution in [-0.2, 0) is 0 Å². The van der Waals surface area contributed by atoms with Crippen LogP contribution >= 0.6 is 0 Å². The van der Waals surface area contributed by atoms with Crippen LogP contribution in [0.25, 0.3) is 18.2 Å². The zero-order valence-corrected chi connectivity index (χ0v) is 10.8. The third-order valence-electron chi connectivity index (χ3n) is 2.84. The third kappa shape index (κ3) is 3.63. The van der Waals surface area contributed by atoms with Gasteiger partial charge in [0.15, 0.2) is 0 Å². The van der Waals surface area contributed by atoms with Crippen molar-refractivity contribution in [2.75, 3.05) is 13.1 Å². The van der Waals surface area contributed by atoms with E-state index >= 15 is 0 Å². The van der Waals surface area contributed by atoms with E-state index < -0.39 is 0 Å². The summed E-state index contributed by atoms with van der Waals surface area (Å²) in [6.07, 6.45) is 8.02. The monoisotopic (exact) mass is 227 g/mol. The fourth-order valence-corrected chi connectivity index (χ4v) is 1.67. The maximum Gasteiger partial charge on any atom is 0.0143 e. The molecule has 0 fully saturated rings. The Balaban J connectivity index is 3.02. The summed E-state index contributed by atoms with van der Waals surface area (Å²) in [7, 11) is 0. The van der Waals surface area contributed by atoms with Crippen molar-refractivity contribution in [2.24, 2.45) is 0 Å². The summed E-state index contributed by atoms with van der Waals surface area (Å²) in [5, 5.41) is 0. The molecule has 1 aromatic carbocycles. The average Bonchev–Trinajstić information content (AvgIpc) is 2.39. The molecule has 0 bridgehead atoms. The smallest absolute Gasteiger partial charge is 0.0143 e. The second kappa shape index (κ2) is 6.74. The van der Waals surface area contributed by atoms with Crippen LogP contribution in [0.4, 0.5) is 0 Å². The van der Waals surface area contributed by atoms with Gasteiger partial charge in [0.1, 0.15) is 0 Å². The predicted molar refractivity (Wildman–Crippen MR) is 78.6 cm³/mol. The van der Waals surface area contributed by atoms with E-state index in [4.69, 9.17) is 0 Å². The molecule has 90 valence electrons. The molecule has 0 N–H and O–H groups in total. The summed E-state index contributed by atoms with van der Waals surface area (Å²) >= 11 is 0. The van der Waals surface area contributed by atoms with Crippen LogP contribution in [0, 0.1) is 0 Å². The number of rotatable bonds is 6. The summed E-state index contributed by atoms with van der Waals surface area (Å²) in [6.45, 7) is 14.0. The van der Waals surface area contributed by atoms with Gasteiger partial charge in [-0.3, -0.25) is 0 Å². The van der Waals surface area contributed by atoms with Gasteiger partial charge in [0.2, 0.25) is 0 Å². The SMILES string of the molecule is C=Cc1ccc(C=C)c(C=CN(CC)CC)c1. The molecule has 0 saturated heterocycles. The van der Waals surface area contributed by atoms with Gasteiger partial charge in [0.05, 0.1) is 0 Å². The number of hydrogen-bond acceptors (Lipinski definition) is 1. The van der Waals surface area contributed by atoms with Crippen LogP contribution in [0.3, 0.4) is 0 Å². The lowest BCUT2D eigenvalue weighted by Crippen LogP contribution is -2.14. The van der Waals surface area contributed by atoms with Gasteiger partial charge in [0.25, 0.3) is 0 Å². The molecule has 0 atom stereocenters. The van der Waals surface area contributed by atoms with E-state index in [-0.39, 0.29) is 0 Å². The highest BCUT2D eigenvalue weighted by Gasteiger charge is 1.97. The van der Waals surface area contributed by atoms with Crippen molar-refractivity contribution >= 4 is 18.2 Å². The lowest BCUT2D eigenvalue weighted by molar-refractivity contribution is 0.421. The quantitative estimate of drug-likeness (QED) is 0.701. The molecule has 1 rings (SSSR count). The van der Waals surface area contributed by atoms with Crippen LogP contribution in [0.2, 0.25) is 0 Å². The fraction of sp³-hybridized carbons (Fsp3) is 0.250. The molecule has 0 radical (unpaired) electrons. The van der Waals surface area contributed by atoms with Crippen molar-refractivity contribution in [1.82, 2.24) is 4.90 Å². The van der Waals surface area contributed by atoms with Gasteiger partial charge >= 0.3 is 0 Å². The van der Waals surface area contributed by atoms with Crippen molar-refractivity contribution in [3.63, 3.8) is 0 Å². The molecule has 1 aromatic rings. The molecule has 0 spiro atoms. The second-order valence-corrected chi connectivity index (χ2v) is 3.83. The molecule has 0 aliphatic heterocycles. The zero-order valence-electron chi connectivity index (χ0n) is 10.8. The molecule has 0 unspecified atom stereocenters. The normalized spacial score (nSPS) is 10.5. The Bertz CT molecular complexity index is 412. The highest BCUT2D eigenvalue weighted by Crippen LogP contribution is 2.16. The van der Waals surface area contributed by atoms with E-state index in [0.717, 1.165) is 24.2 Å². The Morgan fingerprint density at radius 3 is 2.29 bits per heavy atom. The summed E-state index contributed by atoms with van der Waals surface area (Å²) in [4.78, 5) is 2.26. The van der Waals surface area contributed by atoms with Gasteiger partial charge in [0, 0.05) is 13.1 Å². The van der Waals surface area contributed by atoms with E-state index in [1.54, 1.807) is 0 Å². The molecule has 17 heavy (non-hydrogen) atoms. The molecule has 0 aromatic heterocycles. The minimum atomic E-state index is 1.03. The molecule has 0 aliphatic rings. The van der Waals surface area contributed by atoms with Gasteiger partial charge < -0.3 is 4.90 Å². The minimum Gasteiger partial charge on any atom is -0.378 e. The highest BCUT2D eigenvalue weighted by atomic mass is 15.1. The predicted octanol–water partition coefficient (Wildman–Crippen LogP) is 4.29. The molecular weight excluding hydrogens is 206 g/mol. The van der Waals surface area contributed by atoms with Crippen molar-refractivity contribution in [3.8, 4) is 0 Å². The summed E-state index contributed by atoms with van der Waals surface area (Å²) < 4.78 is 0. The highest BCUT2D eigenvalue weighted by molar-refractivity contribution is 5.67. The van der Waals surface area contributed by atoms with Crippen LogP contribution < -0.4 is 0 Å². The zero-order chi connectivity index (χ0) is 12.7. The van der Waals surface area contributed by atoms with E-state index in [1.807, 2.05) is 12.2 Å². The number of benzene rings is 1. The van der Waals surface area contributed by atoms with Crippen molar-refractivity contribution in [1.29, 1.82) is 0 Å². The van der Waals surface area contributed by atoms with Gasteiger partial charge in [-0.2, -0.15) is 0 Å². The Morgan fingerprint density at radius 2 is 1.76 bits per heavy atom. The third-order valence-corrected chi connectivity index (χ3v) is 2.84. The minimum absolute atomic E-state index is 1.03. The first-order chi connectivity index (χ1) is 8.24. The number of hydrogen-bond donors (Lipinski definition) is 0. The Kier molecular flexibility index (Phi) is 5.28. The molecule has 1 heteroatoms. The van der Waals surface area contributed by atoms with Crippen LogP contribution in [0.15, 0.2) is 37.6 Å². The van der Waals surface area contributed by atoms with Crippen LogP contribution in [0.5, 0.6) is 0 Å².